The van der Waals surface area contributed by atoms with Gasteiger partial charge in [-0.1, -0.05) is 36.4 Å². The van der Waals surface area contributed by atoms with E-state index < -0.39 is 5.97 Å². The summed E-state index contributed by atoms with van der Waals surface area (Å²) in [6, 6.07) is 16.3. The number of hydrogen-bond acceptors (Lipinski definition) is 3. The average Bonchev–Trinajstić information content (AvgIpc) is 2.54. The normalized spacial score (nSPS) is 10.6. The van der Waals surface area contributed by atoms with Crippen LogP contribution in [0.25, 0.3) is 22.0 Å². The van der Waals surface area contributed by atoms with Crippen LogP contribution in [0.5, 0.6) is 0 Å². The van der Waals surface area contributed by atoms with E-state index in [1.807, 2.05) is 24.3 Å². The molecule has 4 nitrogen and oxygen atoms in total. The summed E-state index contributed by atoms with van der Waals surface area (Å²) < 4.78 is 5.07. The molecule has 0 saturated carbocycles. The van der Waals surface area contributed by atoms with E-state index in [9.17, 15) is 9.59 Å². The van der Waals surface area contributed by atoms with E-state index in [0.717, 1.165) is 10.9 Å². The molecule has 0 radical (unpaired) electrons. The lowest BCUT2D eigenvalue weighted by molar-refractivity contribution is 0.0527. The van der Waals surface area contributed by atoms with E-state index in [4.69, 9.17) is 4.74 Å². The quantitative estimate of drug-likeness (QED) is 0.753. The van der Waals surface area contributed by atoms with Gasteiger partial charge in [-0.25, -0.2) is 4.79 Å². The minimum absolute atomic E-state index is 0.226. The molecule has 22 heavy (non-hydrogen) atoms. The Morgan fingerprint density at radius 3 is 2.59 bits per heavy atom. The molecule has 0 bridgehead atoms. The Morgan fingerprint density at radius 2 is 1.77 bits per heavy atom. The third-order valence-corrected chi connectivity index (χ3v) is 3.47. The first-order chi connectivity index (χ1) is 10.7. The number of benzene rings is 2. The molecular weight excluding hydrogens is 278 g/mol. The zero-order chi connectivity index (χ0) is 15.5. The fraction of sp³-hybridized carbons (Fsp3) is 0.111. The Labute approximate surface area is 127 Å². The summed E-state index contributed by atoms with van der Waals surface area (Å²) in [5.41, 5.74) is 1.97. The van der Waals surface area contributed by atoms with E-state index in [0.29, 0.717) is 23.3 Å². The van der Waals surface area contributed by atoms with Crippen molar-refractivity contribution in [3.05, 3.63) is 70.5 Å². The molecule has 1 heterocycles. The smallest absolute Gasteiger partial charge is 0.338 e. The molecule has 3 aromatic rings. The van der Waals surface area contributed by atoms with Gasteiger partial charge in [0.2, 0.25) is 0 Å². The lowest BCUT2D eigenvalue weighted by Crippen LogP contribution is -2.12. The van der Waals surface area contributed by atoms with Crippen molar-refractivity contribution in [1.29, 1.82) is 0 Å². The second-order valence-electron chi connectivity index (χ2n) is 4.87. The molecule has 0 unspecified atom stereocenters. The Hall–Kier alpha value is -2.88. The molecule has 4 heteroatoms. The Bertz CT molecular complexity index is 896. The lowest BCUT2D eigenvalue weighted by Gasteiger charge is -2.09. The van der Waals surface area contributed by atoms with Gasteiger partial charge in [-0.15, -0.1) is 0 Å². The van der Waals surface area contributed by atoms with Crippen molar-refractivity contribution in [2.45, 2.75) is 6.92 Å². The lowest BCUT2D eigenvalue weighted by atomic mass is 9.99. The molecule has 110 valence electrons. The monoisotopic (exact) mass is 293 g/mol. The highest BCUT2D eigenvalue weighted by Crippen LogP contribution is 2.23. The van der Waals surface area contributed by atoms with E-state index in [1.165, 1.54) is 0 Å². The van der Waals surface area contributed by atoms with Gasteiger partial charge in [-0.3, -0.25) is 4.79 Å². The number of para-hydroxylation sites is 1. The fourth-order valence-electron chi connectivity index (χ4n) is 2.45. The van der Waals surface area contributed by atoms with Crippen LogP contribution in [0.2, 0.25) is 0 Å². The molecule has 1 N–H and O–H groups in total. The first kappa shape index (κ1) is 14.1. The van der Waals surface area contributed by atoms with E-state index in [1.54, 1.807) is 37.3 Å². The number of aromatic amines is 1. The molecule has 3 rings (SSSR count). The molecule has 0 aliphatic heterocycles. The van der Waals surface area contributed by atoms with Crippen LogP contribution in [-0.2, 0) is 4.74 Å². The second-order valence-corrected chi connectivity index (χ2v) is 4.87. The Morgan fingerprint density at radius 1 is 1.05 bits per heavy atom. The van der Waals surface area contributed by atoms with Crippen LogP contribution >= 0.6 is 0 Å². The average molecular weight is 293 g/mol. The van der Waals surface area contributed by atoms with Crippen molar-refractivity contribution in [3.63, 3.8) is 0 Å². The summed E-state index contributed by atoms with van der Waals surface area (Å²) in [5, 5.41) is 0.913. The van der Waals surface area contributed by atoms with Crippen molar-refractivity contribution < 1.29 is 9.53 Å². The Kier molecular flexibility index (Phi) is 3.74. The van der Waals surface area contributed by atoms with E-state index >= 15 is 0 Å². The van der Waals surface area contributed by atoms with Gasteiger partial charge in [-0.05, 0) is 30.5 Å². The highest BCUT2D eigenvalue weighted by Gasteiger charge is 2.15. The third kappa shape index (κ3) is 2.51. The molecule has 2 aromatic carbocycles. The number of hydrogen-bond donors (Lipinski definition) is 1. The largest absolute Gasteiger partial charge is 0.462 e. The number of pyridine rings is 1. The fourth-order valence-corrected chi connectivity index (χ4v) is 2.45. The predicted octanol–water partition coefficient (Wildman–Crippen LogP) is 3.37. The van der Waals surface area contributed by atoms with Crippen molar-refractivity contribution in [3.8, 4) is 11.1 Å². The number of carbonyl (C=O) groups is 1. The van der Waals surface area contributed by atoms with Crippen LogP contribution in [0, 0.1) is 0 Å². The summed E-state index contributed by atoms with van der Waals surface area (Å²) >= 11 is 0. The molecule has 0 atom stereocenters. The molecule has 0 spiro atoms. The third-order valence-electron chi connectivity index (χ3n) is 3.47. The number of ether oxygens (including phenoxy) is 1. The number of carbonyl (C=O) groups excluding carboxylic acids is 1. The number of rotatable bonds is 3. The maximum Gasteiger partial charge on any atom is 0.338 e. The number of nitrogens with one attached hydrogen (secondary N) is 1. The molecule has 0 fully saturated rings. The molecular formula is C18H15NO3. The van der Waals surface area contributed by atoms with Crippen LogP contribution in [-0.4, -0.2) is 17.6 Å². The first-order valence-corrected chi connectivity index (χ1v) is 7.09. The molecule has 0 aliphatic rings. The predicted molar refractivity (Wildman–Crippen MR) is 86.0 cm³/mol. The van der Waals surface area contributed by atoms with Gasteiger partial charge >= 0.3 is 5.97 Å². The highest BCUT2D eigenvalue weighted by atomic mass is 16.5. The minimum Gasteiger partial charge on any atom is -0.462 e. The van der Waals surface area contributed by atoms with Crippen molar-refractivity contribution in [1.82, 2.24) is 4.98 Å². The van der Waals surface area contributed by atoms with Gasteiger partial charge < -0.3 is 9.72 Å². The molecule has 1 aromatic heterocycles. The number of aromatic nitrogens is 1. The number of H-pyrrole nitrogens is 1. The van der Waals surface area contributed by atoms with E-state index in [-0.39, 0.29) is 5.56 Å². The number of esters is 1. The van der Waals surface area contributed by atoms with E-state index in [2.05, 4.69) is 4.98 Å². The summed E-state index contributed by atoms with van der Waals surface area (Å²) in [6.07, 6.45) is 0. The van der Waals surface area contributed by atoms with Crippen molar-refractivity contribution in [2.75, 3.05) is 6.61 Å². The summed E-state index contributed by atoms with van der Waals surface area (Å²) in [6.45, 7) is 2.05. The topological polar surface area (TPSA) is 59.2 Å². The minimum atomic E-state index is -0.425. The van der Waals surface area contributed by atoms with Gasteiger partial charge in [0.15, 0.2) is 0 Å². The summed E-state index contributed by atoms with van der Waals surface area (Å²) in [4.78, 5) is 27.3. The van der Waals surface area contributed by atoms with Gasteiger partial charge in [-0.2, -0.15) is 0 Å². The SMILES string of the molecule is CCOC(=O)c1ccccc1-c1cc2ccccc2[nH]c1=O. The highest BCUT2D eigenvalue weighted by molar-refractivity contribution is 5.98. The standard InChI is InChI=1S/C18H15NO3/c1-2-22-18(21)14-9-5-4-8-13(14)15-11-12-7-3-6-10-16(12)19-17(15)20/h3-11H,2H2,1H3,(H,19,20). The number of fused-ring (bicyclic) bond motifs is 1. The van der Waals surface area contributed by atoms with Gasteiger partial charge in [0.25, 0.3) is 5.56 Å². The zero-order valence-electron chi connectivity index (χ0n) is 12.1. The van der Waals surface area contributed by atoms with Crippen LogP contribution in [0.4, 0.5) is 0 Å². The van der Waals surface area contributed by atoms with Crippen LogP contribution in [0.3, 0.4) is 0 Å². The first-order valence-electron chi connectivity index (χ1n) is 7.09. The summed E-state index contributed by atoms with van der Waals surface area (Å²) in [5.74, 6) is -0.425. The molecule has 0 aliphatic carbocycles. The second kappa shape index (κ2) is 5.85. The van der Waals surface area contributed by atoms with Crippen LogP contribution in [0.15, 0.2) is 59.4 Å². The van der Waals surface area contributed by atoms with Crippen molar-refractivity contribution >= 4 is 16.9 Å². The maximum absolute atomic E-state index is 12.4. The van der Waals surface area contributed by atoms with Crippen molar-refractivity contribution in [2.24, 2.45) is 0 Å². The molecule has 0 amide bonds. The van der Waals surface area contributed by atoms with Gasteiger partial charge in [0.05, 0.1) is 12.2 Å². The van der Waals surface area contributed by atoms with Gasteiger partial charge in [0, 0.05) is 16.6 Å². The molecule has 0 saturated heterocycles. The summed E-state index contributed by atoms with van der Waals surface area (Å²) in [7, 11) is 0. The Balaban J connectivity index is 2.22. The van der Waals surface area contributed by atoms with Gasteiger partial charge in [0.1, 0.15) is 0 Å². The van der Waals surface area contributed by atoms with Crippen LogP contribution in [0.1, 0.15) is 17.3 Å². The zero-order valence-corrected chi connectivity index (χ0v) is 12.1. The van der Waals surface area contributed by atoms with Crippen LogP contribution < -0.4 is 5.56 Å². The maximum atomic E-state index is 12.4.